The summed E-state index contributed by atoms with van der Waals surface area (Å²) in [6, 6.07) is 2.45. The van der Waals surface area contributed by atoms with E-state index in [1.54, 1.807) is 16.0 Å². The Hall–Kier alpha value is -2.69. The zero-order valence-corrected chi connectivity index (χ0v) is 15.4. The summed E-state index contributed by atoms with van der Waals surface area (Å²) in [5.41, 5.74) is 0.00787. The summed E-state index contributed by atoms with van der Waals surface area (Å²) in [7, 11) is 0. The second-order valence-corrected chi connectivity index (χ2v) is 7.40. The van der Waals surface area contributed by atoms with Crippen molar-refractivity contribution in [2.45, 2.75) is 31.1 Å². The molecule has 1 aromatic heterocycles. The van der Waals surface area contributed by atoms with E-state index in [9.17, 15) is 22.4 Å². The topological polar surface area (TPSA) is 77.2 Å². The number of aromatic amines is 1. The Morgan fingerprint density at radius 2 is 2.03 bits per heavy atom. The molecule has 1 aromatic carbocycles. The molecule has 0 aliphatic carbocycles. The molecule has 0 saturated carbocycles. The van der Waals surface area contributed by atoms with Crippen molar-refractivity contribution < 1.29 is 22.4 Å². The quantitative estimate of drug-likeness (QED) is 0.756. The first kappa shape index (κ1) is 19.6. The molecule has 0 radical (unpaired) electrons. The van der Waals surface area contributed by atoms with Gasteiger partial charge in [0.15, 0.2) is 0 Å². The highest BCUT2D eigenvalue weighted by atomic mass is 19.4. The van der Waals surface area contributed by atoms with Crippen LogP contribution in [-0.2, 0) is 12.7 Å². The van der Waals surface area contributed by atoms with Crippen LogP contribution in [0.2, 0.25) is 0 Å². The molecular weight excluding hydrogens is 392 g/mol. The lowest BCUT2D eigenvalue weighted by Crippen LogP contribution is -2.62. The first-order valence-electron chi connectivity index (χ1n) is 9.30. The maximum Gasteiger partial charge on any atom is 0.416 e. The Bertz CT molecular complexity index is 866. The van der Waals surface area contributed by atoms with Crippen LogP contribution < -0.4 is 5.32 Å². The van der Waals surface area contributed by atoms with Crippen molar-refractivity contribution >= 4 is 6.03 Å². The lowest BCUT2D eigenvalue weighted by molar-refractivity contribution is -0.137. The van der Waals surface area contributed by atoms with E-state index in [2.05, 4.69) is 20.7 Å². The van der Waals surface area contributed by atoms with Crippen molar-refractivity contribution in [1.29, 1.82) is 0 Å². The number of aromatic nitrogens is 3. The average Bonchev–Trinajstić information content (AvgIpc) is 3.31. The van der Waals surface area contributed by atoms with Crippen molar-refractivity contribution in [3.8, 4) is 0 Å². The molecule has 0 spiro atoms. The smallest absolute Gasteiger partial charge is 0.324 e. The van der Waals surface area contributed by atoms with Crippen molar-refractivity contribution in [3.63, 3.8) is 0 Å². The fourth-order valence-corrected chi connectivity index (χ4v) is 3.67. The van der Waals surface area contributed by atoms with Crippen LogP contribution in [0.3, 0.4) is 0 Å². The molecule has 156 valence electrons. The van der Waals surface area contributed by atoms with Gasteiger partial charge in [0, 0.05) is 50.2 Å². The minimum atomic E-state index is -4.57. The van der Waals surface area contributed by atoms with E-state index in [0.717, 1.165) is 24.2 Å². The number of urea groups is 1. The van der Waals surface area contributed by atoms with E-state index < -0.39 is 17.6 Å². The lowest BCUT2D eigenvalue weighted by Gasteiger charge is -2.41. The fraction of sp³-hybridized carbons (Fsp3) is 0.500. The number of amides is 2. The van der Waals surface area contributed by atoms with Gasteiger partial charge >= 0.3 is 12.2 Å². The van der Waals surface area contributed by atoms with Gasteiger partial charge in [-0.05, 0) is 18.6 Å². The Morgan fingerprint density at radius 3 is 2.69 bits per heavy atom. The summed E-state index contributed by atoms with van der Waals surface area (Å²) in [5.74, 6) is -0.717. The Labute approximate surface area is 164 Å². The number of nitrogens with one attached hydrogen (secondary N) is 2. The van der Waals surface area contributed by atoms with Crippen LogP contribution in [0.15, 0.2) is 24.4 Å². The molecule has 7 nitrogen and oxygen atoms in total. The van der Waals surface area contributed by atoms with Crippen LogP contribution in [0.1, 0.15) is 29.2 Å². The monoisotopic (exact) mass is 412 g/mol. The largest absolute Gasteiger partial charge is 0.416 e. The van der Waals surface area contributed by atoms with Crippen LogP contribution in [0.25, 0.3) is 0 Å². The fourth-order valence-electron chi connectivity index (χ4n) is 3.67. The van der Waals surface area contributed by atoms with Gasteiger partial charge in [0.05, 0.1) is 17.5 Å². The third-order valence-electron chi connectivity index (χ3n) is 5.42. The number of likely N-dealkylation sites (tertiary alicyclic amines) is 2. The summed E-state index contributed by atoms with van der Waals surface area (Å²) < 4.78 is 51.7. The van der Waals surface area contributed by atoms with Gasteiger partial charge in [-0.2, -0.15) is 28.6 Å². The van der Waals surface area contributed by atoms with Gasteiger partial charge < -0.3 is 15.1 Å². The van der Waals surface area contributed by atoms with E-state index in [-0.39, 0.29) is 30.1 Å². The highest BCUT2D eigenvalue weighted by Crippen LogP contribution is 2.30. The third kappa shape index (κ3) is 4.19. The van der Waals surface area contributed by atoms with E-state index in [0.29, 0.717) is 32.2 Å². The summed E-state index contributed by atoms with van der Waals surface area (Å²) in [4.78, 5) is 16.0. The molecule has 2 fully saturated rings. The number of nitrogens with zero attached hydrogens (tertiary/aromatic N) is 4. The van der Waals surface area contributed by atoms with Gasteiger partial charge in [0.2, 0.25) is 0 Å². The first-order chi connectivity index (χ1) is 13.8. The van der Waals surface area contributed by atoms with E-state index >= 15 is 0 Å². The normalized spacial score (nSPS) is 20.2. The van der Waals surface area contributed by atoms with Crippen LogP contribution in [0.5, 0.6) is 0 Å². The average molecular weight is 412 g/mol. The zero-order chi connectivity index (χ0) is 20.6. The van der Waals surface area contributed by atoms with Crippen LogP contribution in [0.4, 0.5) is 22.4 Å². The molecule has 2 aliphatic heterocycles. The molecule has 4 rings (SSSR count). The summed E-state index contributed by atoms with van der Waals surface area (Å²) >= 11 is 0. The minimum absolute atomic E-state index is 0.0189. The maximum atomic E-state index is 13.9. The molecule has 2 N–H and O–H groups in total. The number of carbonyl (C=O) groups is 1. The molecule has 2 saturated heterocycles. The lowest BCUT2D eigenvalue weighted by atomic mass is 10.1. The van der Waals surface area contributed by atoms with E-state index in [1.165, 1.54) is 0 Å². The Morgan fingerprint density at radius 1 is 1.24 bits per heavy atom. The van der Waals surface area contributed by atoms with Gasteiger partial charge in [-0.3, -0.25) is 0 Å². The summed E-state index contributed by atoms with van der Waals surface area (Å²) in [6.45, 7) is 2.31. The molecule has 0 bridgehead atoms. The van der Waals surface area contributed by atoms with Crippen molar-refractivity contribution in [3.05, 3.63) is 47.0 Å². The van der Waals surface area contributed by atoms with Crippen LogP contribution >= 0.6 is 0 Å². The number of halogens is 4. The van der Waals surface area contributed by atoms with Gasteiger partial charge in [-0.1, -0.05) is 6.07 Å². The van der Waals surface area contributed by atoms with Gasteiger partial charge in [0.1, 0.15) is 5.82 Å². The van der Waals surface area contributed by atoms with Gasteiger partial charge in [-0.15, -0.1) is 0 Å². The molecular formula is C18H20F4N6O. The number of benzene rings is 1. The first-order valence-corrected chi connectivity index (χ1v) is 9.30. The Kier molecular flexibility index (Phi) is 5.15. The van der Waals surface area contributed by atoms with Crippen molar-refractivity contribution in [2.24, 2.45) is 0 Å². The minimum Gasteiger partial charge on any atom is -0.324 e. The number of carbonyl (C=O) groups excluding carboxylic acids is 1. The number of rotatable bonds is 4. The van der Waals surface area contributed by atoms with Crippen LogP contribution in [0, 0.1) is 5.82 Å². The third-order valence-corrected chi connectivity index (χ3v) is 5.42. The second kappa shape index (κ2) is 7.62. The zero-order valence-electron chi connectivity index (χ0n) is 15.4. The number of hydrogen-bond donors (Lipinski definition) is 2. The van der Waals surface area contributed by atoms with Crippen molar-refractivity contribution in [2.75, 3.05) is 26.2 Å². The summed E-state index contributed by atoms with van der Waals surface area (Å²) in [5, 5.41) is 13.5. The highest BCUT2D eigenvalue weighted by Gasteiger charge is 2.37. The number of hydrogen-bond acceptors (Lipinski definition) is 4. The number of H-pyrrole nitrogens is 1. The molecule has 2 amide bonds. The predicted octanol–water partition coefficient (Wildman–Crippen LogP) is 2.35. The maximum absolute atomic E-state index is 13.9. The molecule has 0 unspecified atom stereocenters. The van der Waals surface area contributed by atoms with Crippen molar-refractivity contribution in [1.82, 2.24) is 30.5 Å². The molecule has 3 heterocycles. The standard InChI is InChI=1S/C18H20F4N6O/c19-15-5-13(18(20,21)22)2-1-11(15)6-23-14-9-28(10-14)17(29)27-4-3-12(8-27)16-7-24-26-25-16/h1-2,5,7,12,14,23H,3-4,6,8-10H2,(H,24,25,26)/t12-/m0/s1. The SMILES string of the molecule is O=C(N1CC(NCc2ccc(C(F)(F)F)cc2F)C1)N1CC[C@H](c2cn[nH]n2)C1. The molecule has 11 heteroatoms. The summed E-state index contributed by atoms with van der Waals surface area (Å²) in [6.07, 6.45) is -2.06. The molecule has 2 aromatic rings. The predicted molar refractivity (Wildman–Crippen MR) is 94.3 cm³/mol. The van der Waals surface area contributed by atoms with Gasteiger partial charge in [-0.25, -0.2) is 9.18 Å². The van der Waals surface area contributed by atoms with Gasteiger partial charge in [0.25, 0.3) is 0 Å². The van der Waals surface area contributed by atoms with Crippen LogP contribution in [-0.4, -0.2) is 63.5 Å². The Balaban J connectivity index is 1.23. The second-order valence-electron chi connectivity index (χ2n) is 7.40. The highest BCUT2D eigenvalue weighted by molar-refractivity contribution is 5.76. The van der Waals surface area contributed by atoms with E-state index in [4.69, 9.17) is 0 Å². The molecule has 29 heavy (non-hydrogen) atoms. The number of alkyl halides is 3. The molecule has 2 aliphatic rings. The van der Waals surface area contributed by atoms with E-state index in [1.807, 2.05) is 0 Å². The molecule has 1 atom stereocenters.